The van der Waals surface area contributed by atoms with Crippen molar-refractivity contribution in [3.05, 3.63) is 0 Å². The summed E-state index contributed by atoms with van der Waals surface area (Å²) >= 11 is 0. The number of nitrogens with zero attached hydrogens (tertiary/aromatic N) is 1. The third-order valence-corrected chi connectivity index (χ3v) is 6.82. The van der Waals surface area contributed by atoms with Crippen LogP contribution in [-0.2, 0) is 28.5 Å². The summed E-state index contributed by atoms with van der Waals surface area (Å²) in [5.41, 5.74) is 0. The molecule has 0 radical (unpaired) electrons. The number of amides is 1. The second-order valence-electron chi connectivity index (χ2n) is 12.0. The topological polar surface area (TPSA) is 106 Å². The smallest absolute Gasteiger partial charge is 0.462 e. The van der Waals surface area contributed by atoms with E-state index >= 15 is 0 Å². The van der Waals surface area contributed by atoms with E-state index in [1.165, 1.54) is 0 Å². The number of aliphatic carboxylic acids is 1. The van der Waals surface area contributed by atoms with Crippen molar-refractivity contribution in [2.75, 3.05) is 33.7 Å². The predicted octanol–water partition coefficient (Wildman–Crippen LogP) is 7.26. The number of hydrogen-bond acceptors (Lipinski definition) is 7. The summed E-state index contributed by atoms with van der Waals surface area (Å²) in [5.74, 6) is -48.6. The van der Waals surface area contributed by atoms with E-state index in [0.29, 0.717) is 5.32 Å². The van der Waals surface area contributed by atoms with Gasteiger partial charge in [-0.25, -0.2) is 0 Å². The highest BCUT2D eigenvalue weighted by atomic mass is 19.4. The van der Waals surface area contributed by atoms with Gasteiger partial charge in [-0.3, -0.25) is 23.7 Å². The number of carbonyl (C=O) groups excluding carboxylic acids is 2. The minimum Gasteiger partial charge on any atom is -0.550 e. The SMILES string of the molecule is C[N+](C)(CCCNC(=O)C(F)(OC(F)(F)C(F)(OC(F)(F)C(F)(OC(F)(F)C(F)(OC(F)(F)C(F)(F)C(F)(F)F)C(F)(F)F)C(F)(F)F)C(F)(F)F)C(F)(F)F)CCC(=O)[O-]. The molecule has 0 saturated heterocycles. The van der Waals surface area contributed by atoms with Gasteiger partial charge in [-0.05, 0) is 0 Å². The molecule has 0 aliphatic carbocycles. The summed E-state index contributed by atoms with van der Waals surface area (Å²) in [4.78, 5) is 22.4. The Morgan fingerprint density at radius 2 is 0.770 bits per heavy atom. The Balaban J connectivity index is 7.41. The lowest BCUT2D eigenvalue weighted by Crippen LogP contribution is -2.72. The monoisotopic (exact) mass is 984 g/mol. The molecule has 0 aromatic rings. The first kappa shape index (κ1) is 57.7. The molecule has 0 aliphatic heterocycles. The van der Waals surface area contributed by atoms with Crippen LogP contribution in [0.25, 0.3) is 0 Å². The number of alkyl halides is 29. The van der Waals surface area contributed by atoms with E-state index < -0.39 is 133 Å². The van der Waals surface area contributed by atoms with Crippen LogP contribution in [0.3, 0.4) is 0 Å². The lowest BCUT2D eigenvalue weighted by Gasteiger charge is -2.44. The molecule has 0 rings (SSSR count). The standard InChI is InChI=1S/C23H17F29N2O7/c1-54(2,7-4-8(55)56)6-3-5-53-9(57)10(24,15(30,31)32)58-21(47,48)12(27,17(36,37)38)60-23(51,52)14(29,19(42,43)44)61-22(49,50)13(28,18(39,40)41)59-20(45,46)11(25,26)16(33,34)35/h3-7H2,1-2H3,(H-,53,55,56,57). The van der Waals surface area contributed by atoms with Gasteiger partial charge in [0, 0.05) is 25.4 Å². The molecule has 4 unspecified atom stereocenters. The van der Waals surface area contributed by atoms with Crippen LogP contribution in [0.15, 0.2) is 0 Å². The Hall–Kier alpha value is -3.29. The number of carbonyl (C=O) groups is 2. The summed E-state index contributed by atoms with van der Waals surface area (Å²) in [6, 6.07) is 0. The molecule has 0 saturated carbocycles. The fourth-order valence-corrected chi connectivity index (χ4v) is 3.54. The largest absolute Gasteiger partial charge is 0.550 e. The number of halogens is 29. The normalized spacial score (nSPS) is 19.1. The van der Waals surface area contributed by atoms with E-state index in [2.05, 4.69) is 0 Å². The number of nitrogens with one attached hydrogen (secondary N) is 1. The molecule has 0 fully saturated rings. The van der Waals surface area contributed by atoms with Crippen molar-refractivity contribution in [2.24, 2.45) is 0 Å². The summed E-state index contributed by atoms with van der Waals surface area (Å²) in [6.07, 6.45) is -79.3. The van der Waals surface area contributed by atoms with Crippen LogP contribution in [0.5, 0.6) is 0 Å². The van der Waals surface area contributed by atoms with Gasteiger partial charge < -0.3 is 19.7 Å². The van der Waals surface area contributed by atoms with Crippen LogP contribution >= 0.6 is 0 Å². The Labute approximate surface area is 315 Å². The highest BCUT2D eigenvalue weighted by molar-refractivity contribution is 5.84. The zero-order valence-corrected chi connectivity index (χ0v) is 28.3. The van der Waals surface area contributed by atoms with Crippen molar-refractivity contribution < 1.29 is 165 Å². The molecule has 364 valence electrons. The van der Waals surface area contributed by atoms with E-state index in [1.807, 2.05) is 0 Å². The molecule has 0 aromatic carbocycles. The Morgan fingerprint density at radius 1 is 0.459 bits per heavy atom. The van der Waals surface area contributed by atoms with Crippen molar-refractivity contribution in [3.8, 4) is 0 Å². The van der Waals surface area contributed by atoms with Gasteiger partial charge in [-0.2, -0.15) is 127 Å². The second-order valence-corrected chi connectivity index (χ2v) is 12.0. The molecule has 0 aromatic heterocycles. The van der Waals surface area contributed by atoms with Crippen molar-refractivity contribution in [1.29, 1.82) is 0 Å². The fraction of sp³-hybridized carbons (Fsp3) is 0.913. The van der Waals surface area contributed by atoms with Crippen molar-refractivity contribution in [2.45, 2.75) is 97.5 Å². The van der Waals surface area contributed by atoms with Crippen LogP contribution in [0.1, 0.15) is 12.8 Å². The molecule has 38 heteroatoms. The minimum atomic E-state index is -9.28. The maximum atomic E-state index is 14.8. The number of ether oxygens (including phenoxy) is 4. The summed E-state index contributed by atoms with van der Waals surface area (Å²) in [5, 5.41) is 11.1. The van der Waals surface area contributed by atoms with Crippen LogP contribution in [-0.4, -0.2) is 135 Å². The highest BCUT2D eigenvalue weighted by Gasteiger charge is 2.90. The Kier molecular flexibility index (Phi) is 15.8. The van der Waals surface area contributed by atoms with E-state index in [4.69, 9.17) is 0 Å². The van der Waals surface area contributed by atoms with E-state index in [1.54, 1.807) is 4.74 Å². The predicted molar refractivity (Wildman–Crippen MR) is 124 cm³/mol. The lowest BCUT2D eigenvalue weighted by molar-refractivity contribution is -0.890. The van der Waals surface area contributed by atoms with Crippen LogP contribution < -0.4 is 10.4 Å². The van der Waals surface area contributed by atoms with Crippen LogP contribution in [0.4, 0.5) is 127 Å². The Bertz CT molecular complexity index is 1540. The fourth-order valence-electron chi connectivity index (χ4n) is 3.54. The number of carboxylic acids is 1. The average Bonchev–Trinajstić information content (AvgIpc) is 2.98. The van der Waals surface area contributed by atoms with Crippen LogP contribution in [0.2, 0.25) is 0 Å². The van der Waals surface area contributed by atoms with Crippen molar-refractivity contribution >= 4 is 11.9 Å². The number of hydrogen-bond donors (Lipinski definition) is 1. The number of carboxylic acid groups (broad SMARTS) is 1. The zero-order valence-electron chi connectivity index (χ0n) is 28.3. The molecule has 9 nitrogen and oxygen atoms in total. The third-order valence-electron chi connectivity index (χ3n) is 6.82. The molecule has 61 heavy (non-hydrogen) atoms. The molecular weight excluding hydrogens is 967 g/mol. The zero-order chi connectivity index (χ0) is 49.7. The van der Waals surface area contributed by atoms with E-state index in [-0.39, 0.29) is 0 Å². The summed E-state index contributed by atoms with van der Waals surface area (Å²) in [6.45, 7) is -2.41. The van der Waals surface area contributed by atoms with Gasteiger partial charge in [0.15, 0.2) is 0 Å². The second kappa shape index (κ2) is 16.7. The molecule has 1 N–H and O–H groups in total. The van der Waals surface area contributed by atoms with Gasteiger partial charge in [0.1, 0.15) is 0 Å². The first-order chi connectivity index (χ1) is 26.1. The van der Waals surface area contributed by atoms with Gasteiger partial charge in [0.2, 0.25) is 0 Å². The van der Waals surface area contributed by atoms with E-state index in [0.717, 1.165) is 28.3 Å². The van der Waals surface area contributed by atoms with Crippen molar-refractivity contribution in [1.82, 2.24) is 5.32 Å². The van der Waals surface area contributed by atoms with Gasteiger partial charge in [-0.1, -0.05) is 0 Å². The number of quaternary nitrogens is 1. The highest BCUT2D eigenvalue weighted by Crippen LogP contribution is 2.61. The first-order valence-corrected chi connectivity index (χ1v) is 14.2. The van der Waals surface area contributed by atoms with Crippen molar-refractivity contribution in [3.63, 3.8) is 0 Å². The summed E-state index contributed by atoms with van der Waals surface area (Å²) in [7, 11) is 2.26. The maximum absolute atomic E-state index is 14.8. The average molecular weight is 984 g/mol. The lowest BCUT2D eigenvalue weighted by atomic mass is 10.2. The molecular formula is C23H17F29N2O7. The van der Waals surface area contributed by atoms with E-state index in [9.17, 15) is 142 Å². The minimum absolute atomic E-state index is 0.402. The van der Waals surface area contributed by atoms with Gasteiger partial charge in [0.25, 0.3) is 5.91 Å². The molecule has 0 aliphatic rings. The first-order valence-electron chi connectivity index (χ1n) is 14.2. The molecule has 1 amide bonds. The molecule has 0 bridgehead atoms. The molecule has 0 heterocycles. The number of rotatable bonds is 20. The third kappa shape index (κ3) is 11.5. The van der Waals surface area contributed by atoms with Gasteiger partial charge in [0.05, 0.1) is 27.2 Å². The Morgan fingerprint density at radius 3 is 1.05 bits per heavy atom. The van der Waals surface area contributed by atoms with Gasteiger partial charge >= 0.3 is 84.7 Å². The summed E-state index contributed by atoms with van der Waals surface area (Å²) < 4.78 is 398. The van der Waals surface area contributed by atoms with Crippen LogP contribution in [0, 0.1) is 0 Å². The quantitative estimate of drug-likeness (QED) is 0.0779. The maximum Gasteiger partial charge on any atom is 0.462 e. The molecule has 0 spiro atoms. The molecule has 4 atom stereocenters. The van der Waals surface area contributed by atoms with Gasteiger partial charge in [-0.15, -0.1) is 0 Å².